The van der Waals surface area contributed by atoms with Crippen LogP contribution in [0.5, 0.6) is 0 Å². The minimum absolute atomic E-state index is 0.0196. The molecule has 0 N–H and O–H groups in total. The first-order valence-corrected chi connectivity index (χ1v) is 5.92. The summed E-state index contributed by atoms with van der Waals surface area (Å²) in [7, 11) is 1.72. The zero-order chi connectivity index (χ0) is 10.8. The second-order valence-electron chi connectivity index (χ2n) is 5.23. The third-order valence-corrected chi connectivity index (χ3v) is 4.66. The smallest absolute Gasteiger partial charge is 0.152 e. The molecular formula is C12H16O4. The summed E-state index contributed by atoms with van der Waals surface area (Å²) in [5.74, 6) is 1.49. The van der Waals surface area contributed by atoms with E-state index in [1.54, 1.807) is 7.11 Å². The molecule has 3 fully saturated rings. The minimum atomic E-state index is -0.304. The number of hydrogen-bond acceptors (Lipinski definition) is 4. The summed E-state index contributed by atoms with van der Waals surface area (Å²) in [6, 6.07) is 0. The number of hydrogen-bond donors (Lipinski definition) is 0. The molecule has 2 heterocycles. The molecule has 1 spiro atoms. The van der Waals surface area contributed by atoms with Crippen LogP contribution >= 0.6 is 0 Å². The maximum atomic E-state index is 6.04. The molecule has 0 aromatic heterocycles. The van der Waals surface area contributed by atoms with Crippen molar-refractivity contribution in [2.75, 3.05) is 33.5 Å². The Balaban J connectivity index is 1.86. The molecule has 2 bridgehead atoms. The molecule has 1 saturated carbocycles. The van der Waals surface area contributed by atoms with Gasteiger partial charge in [-0.15, -0.1) is 0 Å². The van der Waals surface area contributed by atoms with Crippen LogP contribution in [0.1, 0.15) is 6.42 Å². The fourth-order valence-corrected chi connectivity index (χ4v) is 4.05. The van der Waals surface area contributed by atoms with Crippen LogP contribution in [0, 0.1) is 11.3 Å². The van der Waals surface area contributed by atoms with E-state index < -0.39 is 0 Å². The van der Waals surface area contributed by atoms with E-state index in [1.807, 2.05) is 0 Å². The predicted molar refractivity (Wildman–Crippen MR) is 54.9 cm³/mol. The number of methoxy groups -OCH3 is 1. The molecule has 0 unspecified atom stereocenters. The standard InChI is InChI=1S/C12H16O4/c1-13-9-5-11-7-14-6-8(11)4-12(9)10(11)15-2-3-16-12/h5,8,10H,2-4,6-7H2,1H3/t8-,10+,11+,12+/m0/s1. The lowest BCUT2D eigenvalue weighted by molar-refractivity contribution is -0.195. The van der Waals surface area contributed by atoms with E-state index in [9.17, 15) is 0 Å². The van der Waals surface area contributed by atoms with Crippen molar-refractivity contribution in [1.29, 1.82) is 0 Å². The van der Waals surface area contributed by atoms with Crippen LogP contribution in [-0.2, 0) is 18.9 Å². The first-order valence-electron chi connectivity index (χ1n) is 5.92. The van der Waals surface area contributed by atoms with Gasteiger partial charge in [-0.05, 0) is 18.4 Å². The lowest BCUT2D eigenvalue weighted by Gasteiger charge is -2.39. The Morgan fingerprint density at radius 1 is 1.44 bits per heavy atom. The maximum Gasteiger partial charge on any atom is 0.152 e. The van der Waals surface area contributed by atoms with Crippen molar-refractivity contribution in [3.8, 4) is 0 Å². The maximum absolute atomic E-state index is 6.04. The van der Waals surface area contributed by atoms with Crippen LogP contribution in [0.3, 0.4) is 0 Å². The molecule has 88 valence electrons. The van der Waals surface area contributed by atoms with Gasteiger partial charge < -0.3 is 18.9 Å². The highest BCUT2D eigenvalue weighted by molar-refractivity contribution is 5.38. The number of rotatable bonds is 1. The average Bonchev–Trinajstić information content (AvgIpc) is 2.90. The van der Waals surface area contributed by atoms with E-state index >= 15 is 0 Å². The van der Waals surface area contributed by atoms with Gasteiger partial charge in [-0.2, -0.15) is 0 Å². The van der Waals surface area contributed by atoms with Crippen molar-refractivity contribution >= 4 is 0 Å². The Morgan fingerprint density at radius 3 is 3.25 bits per heavy atom. The molecule has 0 radical (unpaired) electrons. The molecule has 4 atom stereocenters. The van der Waals surface area contributed by atoms with E-state index in [2.05, 4.69) is 6.08 Å². The molecule has 0 aromatic rings. The minimum Gasteiger partial charge on any atom is -0.498 e. The fourth-order valence-electron chi connectivity index (χ4n) is 4.05. The molecule has 4 heteroatoms. The quantitative estimate of drug-likeness (QED) is 0.657. The van der Waals surface area contributed by atoms with Crippen molar-refractivity contribution in [3.63, 3.8) is 0 Å². The first-order chi connectivity index (χ1) is 7.82. The zero-order valence-electron chi connectivity index (χ0n) is 9.40. The summed E-state index contributed by atoms with van der Waals surface area (Å²) in [6.07, 6.45) is 3.30. The van der Waals surface area contributed by atoms with Crippen LogP contribution in [-0.4, -0.2) is 45.2 Å². The lowest BCUT2D eigenvalue weighted by Crippen LogP contribution is -2.50. The molecular weight excluding hydrogens is 208 g/mol. The lowest BCUT2D eigenvalue weighted by atomic mass is 9.80. The van der Waals surface area contributed by atoms with Crippen LogP contribution < -0.4 is 0 Å². The van der Waals surface area contributed by atoms with Crippen LogP contribution in [0.25, 0.3) is 0 Å². The molecule has 2 saturated heterocycles. The van der Waals surface area contributed by atoms with Gasteiger partial charge in [0.15, 0.2) is 5.60 Å². The predicted octanol–water partition coefficient (Wildman–Crippen LogP) is 0.721. The van der Waals surface area contributed by atoms with Crippen molar-refractivity contribution in [2.45, 2.75) is 18.1 Å². The van der Waals surface area contributed by atoms with Crippen LogP contribution in [0.4, 0.5) is 0 Å². The summed E-state index contributed by atoms with van der Waals surface area (Å²) < 4.78 is 23.2. The Kier molecular flexibility index (Phi) is 1.66. The van der Waals surface area contributed by atoms with E-state index in [1.165, 1.54) is 0 Å². The molecule has 0 amide bonds. The molecule has 16 heavy (non-hydrogen) atoms. The van der Waals surface area contributed by atoms with Crippen molar-refractivity contribution < 1.29 is 18.9 Å². The van der Waals surface area contributed by atoms with Crippen molar-refractivity contribution in [2.24, 2.45) is 11.3 Å². The molecule has 2 aliphatic heterocycles. The summed E-state index contributed by atoms with van der Waals surface area (Å²) in [5, 5.41) is 0. The van der Waals surface area contributed by atoms with Gasteiger partial charge >= 0.3 is 0 Å². The second-order valence-corrected chi connectivity index (χ2v) is 5.23. The summed E-state index contributed by atoms with van der Waals surface area (Å²) in [6.45, 7) is 2.94. The van der Waals surface area contributed by atoms with Gasteiger partial charge in [0.2, 0.25) is 0 Å². The highest BCUT2D eigenvalue weighted by Gasteiger charge is 2.72. The monoisotopic (exact) mass is 224 g/mol. The van der Waals surface area contributed by atoms with Gasteiger partial charge in [0.05, 0.1) is 33.5 Å². The Bertz CT molecular complexity index is 366. The summed E-state index contributed by atoms with van der Waals surface area (Å²) in [4.78, 5) is 0. The van der Waals surface area contributed by atoms with Crippen LogP contribution in [0.2, 0.25) is 0 Å². The summed E-state index contributed by atoms with van der Waals surface area (Å²) in [5.41, 5.74) is -0.285. The molecule has 0 aromatic carbocycles. The molecule has 4 nitrogen and oxygen atoms in total. The van der Waals surface area contributed by atoms with Gasteiger partial charge in [0.1, 0.15) is 11.9 Å². The molecule has 2 aliphatic carbocycles. The van der Waals surface area contributed by atoms with Crippen molar-refractivity contribution in [1.82, 2.24) is 0 Å². The molecule has 4 rings (SSSR count). The van der Waals surface area contributed by atoms with Gasteiger partial charge in [0, 0.05) is 5.41 Å². The van der Waals surface area contributed by atoms with Gasteiger partial charge in [-0.3, -0.25) is 0 Å². The van der Waals surface area contributed by atoms with Gasteiger partial charge in [0.25, 0.3) is 0 Å². The van der Waals surface area contributed by atoms with E-state index in [0.717, 1.165) is 25.4 Å². The summed E-state index contributed by atoms with van der Waals surface area (Å²) >= 11 is 0. The SMILES string of the molecule is COC1=C[C@@]23COC[C@@H]2C[C@@]12OCCO[C@H]32. The van der Waals surface area contributed by atoms with Crippen molar-refractivity contribution in [3.05, 3.63) is 11.8 Å². The Hall–Kier alpha value is -0.580. The average molecular weight is 224 g/mol. The van der Waals surface area contributed by atoms with Gasteiger partial charge in [-0.25, -0.2) is 0 Å². The second kappa shape index (κ2) is 2.81. The first kappa shape index (κ1) is 9.45. The normalized spacial score (nSPS) is 53.4. The largest absolute Gasteiger partial charge is 0.498 e. The van der Waals surface area contributed by atoms with E-state index in [4.69, 9.17) is 18.9 Å². The number of ether oxygens (including phenoxy) is 4. The highest BCUT2D eigenvalue weighted by atomic mass is 16.6. The van der Waals surface area contributed by atoms with Gasteiger partial charge in [-0.1, -0.05) is 0 Å². The van der Waals surface area contributed by atoms with Crippen LogP contribution in [0.15, 0.2) is 11.8 Å². The van der Waals surface area contributed by atoms with E-state index in [-0.39, 0.29) is 17.1 Å². The highest BCUT2D eigenvalue weighted by Crippen LogP contribution is 2.64. The van der Waals surface area contributed by atoms with E-state index in [0.29, 0.717) is 19.1 Å². The Morgan fingerprint density at radius 2 is 2.38 bits per heavy atom. The molecule has 4 aliphatic rings. The zero-order valence-corrected chi connectivity index (χ0v) is 9.40. The Labute approximate surface area is 94.5 Å². The third kappa shape index (κ3) is 0.814. The third-order valence-electron chi connectivity index (χ3n) is 4.66. The topological polar surface area (TPSA) is 36.9 Å². The fraction of sp³-hybridized carbons (Fsp3) is 0.833.